The first-order chi connectivity index (χ1) is 12.6. The van der Waals surface area contributed by atoms with Gasteiger partial charge >= 0.3 is 0 Å². The number of fused-ring (bicyclic) bond motifs is 1. The SMILES string of the molecule is Cc1ccc2nc(C)c(C(=O)NCc3cn[nH]c3-c3cccs3)cc2c1. The highest BCUT2D eigenvalue weighted by atomic mass is 32.1. The minimum atomic E-state index is -0.128. The quantitative estimate of drug-likeness (QED) is 0.571. The highest BCUT2D eigenvalue weighted by Crippen LogP contribution is 2.25. The molecule has 0 spiro atoms. The van der Waals surface area contributed by atoms with Crippen molar-refractivity contribution < 1.29 is 4.79 Å². The predicted octanol–water partition coefficient (Wildman–Crippen LogP) is 4.23. The molecule has 3 aromatic heterocycles. The fourth-order valence-corrected chi connectivity index (χ4v) is 3.73. The molecule has 1 aromatic carbocycles. The molecular weight excluding hydrogens is 344 g/mol. The van der Waals surface area contributed by atoms with E-state index in [1.807, 2.05) is 55.6 Å². The Morgan fingerprint density at radius 3 is 2.92 bits per heavy atom. The van der Waals surface area contributed by atoms with Crippen LogP contribution in [-0.4, -0.2) is 21.1 Å². The smallest absolute Gasteiger partial charge is 0.253 e. The number of H-pyrrole nitrogens is 1. The molecule has 0 unspecified atom stereocenters. The van der Waals surface area contributed by atoms with E-state index in [0.717, 1.165) is 38.3 Å². The van der Waals surface area contributed by atoms with Crippen molar-refractivity contribution in [1.29, 1.82) is 0 Å². The van der Waals surface area contributed by atoms with Gasteiger partial charge in [-0.3, -0.25) is 14.9 Å². The normalized spacial score (nSPS) is 11.0. The van der Waals surface area contributed by atoms with Crippen LogP contribution in [0.1, 0.15) is 27.2 Å². The maximum Gasteiger partial charge on any atom is 0.253 e. The Balaban J connectivity index is 1.57. The second-order valence-corrected chi connectivity index (χ2v) is 7.20. The molecule has 0 saturated heterocycles. The van der Waals surface area contributed by atoms with Crippen LogP contribution in [0, 0.1) is 13.8 Å². The van der Waals surface area contributed by atoms with Gasteiger partial charge < -0.3 is 5.32 Å². The summed E-state index contributed by atoms with van der Waals surface area (Å²) in [6, 6.07) is 12.0. The number of rotatable bonds is 4. The van der Waals surface area contributed by atoms with E-state index in [9.17, 15) is 4.79 Å². The molecule has 0 fully saturated rings. The Morgan fingerprint density at radius 2 is 2.12 bits per heavy atom. The Morgan fingerprint density at radius 1 is 1.23 bits per heavy atom. The Hall–Kier alpha value is -2.99. The standard InChI is InChI=1S/C20H18N4OS/c1-12-5-6-17-14(8-12)9-16(13(2)23-17)20(25)21-10-15-11-22-24-19(15)18-4-3-7-26-18/h3-9,11H,10H2,1-2H3,(H,21,25)(H,22,24). The first-order valence-corrected chi connectivity index (χ1v) is 9.22. The fourth-order valence-electron chi connectivity index (χ4n) is 2.97. The van der Waals surface area contributed by atoms with Crippen LogP contribution in [0.3, 0.4) is 0 Å². The summed E-state index contributed by atoms with van der Waals surface area (Å²) in [4.78, 5) is 18.4. The van der Waals surface area contributed by atoms with Gasteiger partial charge in [0.25, 0.3) is 5.91 Å². The van der Waals surface area contributed by atoms with Crippen molar-refractivity contribution >= 4 is 28.1 Å². The number of nitrogens with zero attached hydrogens (tertiary/aromatic N) is 2. The van der Waals surface area contributed by atoms with Crippen LogP contribution in [0.15, 0.2) is 48.0 Å². The van der Waals surface area contributed by atoms with Gasteiger partial charge in [0.2, 0.25) is 0 Å². The number of nitrogens with one attached hydrogen (secondary N) is 2. The summed E-state index contributed by atoms with van der Waals surface area (Å²) < 4.78 is 0. The number of aromatic nitrogens is 3. The highest BCUT2D eigenvalue weighted by Gasteiger charge is 2.14. The molecule has 6 heteroatoms. The molecule has 0 bridgehead atoms. The van der Waals surface area contributed by atoms with Gasteiger partial charge in [-0.2, -0.15) is 5.10 Å². The Kier molecular flexibility index (Phi) is 4.26. The molecular formula is C20H18N4OS. The molecule has 0 aliphatic rings. The zero-order chi connectivity index (χ0) is 18.1. The van der Waals surface area contributed by atoms with E-state index < -0.39 is 0 Å². The lowest BCUT2D eigenvalue weighted by Crippen LogP contribution is -2.24. The second-order valence-electron chi connectivity index (χ2n) is 6.25. The van der Waals surface area contributed by atoms with Gasteiger partial charge in [0.1, 0.15) is 0 Å². The first-order valence-electron chi connectivity index (χ1n) is 8.34. The van der Waals surface area contributed by atoms with Crippen LogP contribution >= 0.6 is 11.3 Å². The summed E-state index contributed by atoms with van der Waals surface area (Å²) in [7, 11) is 0. The topological polar surface area (TPSA) is 70.7 Å². The van der Waals surface area contributed by atoms with E-state index in [-0.39, 0.29) is 5.91 Å². The number of benzene rings is 1. The molecule has 4 aromatic rings. The minimum Gasteiger partial charge on any atom is -0.348 e. The van der Waals surface area contributed by atoms with E-state index in [4.69, 9.17) is 0 Å². The molecule has 0 atom stereocenters. The van der Waals surface area contributed by atoms with Gasteiger partial charge in [-0.1, -0.05) is 17.7 Å². The molecule has 130 valence electrons. The fraction of sp³-hybridized carbons (Fsp3) is 0.150. The summed E-state index contributed by atoms with van der Waals surface area (Å²) in [6.45, 7) is 4.31. The van der Waals surface area contributed by atoms with Gasteiger partial charge in [0.05, 0.1) is 33.5 Å². The zero-order valence-electron chi connectivity index (χ0n) is 14.5. The van der Waals surface area contributed by atoms with Gasteiger partial charge in [-0.25, -0.2) is 0 Å². The molecule has 5 nitrogen and oxygen atoms in total. The maximum absolute atomic E-state index is 12.7. The number of thiophene rings is 1. The summed E-state index contributed by atoms with van der Waals surface area (Å²) in [6.07, 6.45) is 1.75. The predicted molar refractivity (Wildman–Crippen MR) is 104 cm³/mol. The second kappa shape index (κ2) is 6.72. The number of hydrogen-bond acceptors (Lipinski definition) is 4. The average Bonchev–Trinajstić information content (AvgIpc) is 3.30. The number of carbonyl (C=O) groups excluding carboxylic acids is 1. The lowest BCUT2D eigenvalue weighted by atomic mass is 10.1. The van der Waals surface area contributed by atoms with E-state index in [2.05, 4.69) is 20.5 Å². The molecule has 0 radical (unpaired) electrons. The lowest BCUT2D eigenvalue weighted by Gasteiger charge is -2.09. The third-order valence-electron chi connectivity index (χ3n) is 4.33. The van der Waals surface area contributed by atoms with Crippen molar-refractivity contribution in [1.82, 2.24) is 20.5 Å². The number of hydrogen-bond donors (Lipinski definition) is 2. The van der Waals surface area contributed by atoms with E-state index >= 15 is 0 Å². The Bertz CT molecular complexity index is 1080. The third-order valence-corrected chi connectivity index (χ3v) is 5.22. The maximum atomic E-state index is 12.7. The number of amides is 1. The van der Waals surface area contributed by atoms with Crippen molar-refractivity contribution in [2.45, 2.75) is 20.4 Å². The lowest BCUT2D eigenvalue weighted by molar-refractivity contribution is 0.0950. The zero-order valence-corrected chi connectivity index (χ0v) is 15.4. The molecule has 26 heavy (non-hydrogen) atoms. The van der Waals surface area contributed by atoms with Crippen molar-refractivity contribution in [3.05, 3.63) is 70.4 Å². The largest absolute Gasteiger partial charge is 0.348 e. The van der Waals surface area contributed by atoms with Crippen LogP contribution in [0.25, 0.3) is 21.5 Å². The van der Waals surface area contributed by atoms with Crippen molar-refractivity contribution in [2.24, 2.45) is 0 Å². The van der Waals surface area contributed by atoms with Gasteiger partial charge in [-0.15, -0.1) is 11.3 Å². The molecule has 2 N–H and O–H groups in total. The summed E-state index contributed by atoms with van der Waals surface area (Å²) in [5, 5.41) is 13.1. The average molecular weight is 362 g/mol. The van der Waals surface area contributed by atoms with Crippen molar-refractivity contribution in [3.8, 4) is 10.6 Å². The monoisotopic (exact) mass is 362 g/mol. The number of pyridine rings is 1. The van der Waals surface area contributed by atoms with Crippen LogP contribution in [0.5, 0.6) is 0 Å². The Labute approximate surface area is 155 Å². The minimum absolute atomic E-state index is 0.128. The van der Waals surface area contributed by atoms with Gasteiger partial charge in [0.15, 0.2) is 0 Å². The van der Waals surface area contributed by atoms with Crippen molar-refractivity contribution in [3.63, 3.8) is 0 Å². The van der Waals surface area contributed by atoms with Crippen molar-refractivity contribution in [2.75, 3.05) is 0 Å². The molecule has 0 aliphatic heterocycles. The highest BCUT2D eigenvalue weighted by molar-refractivity contribution is 7.13. The van der Waals surface area contributed by atoms with E-state index in [1.54, 1.807) is 17.5 Å². The summed E-state index contributed by atoms with van der Waals surface area (Å²) >= 11 is 1.64. The van der Waals surface area contributed by atoms with Crippen LogP contribution < -0.4 is 5.32 Å². The van der Waals surface area contributed by atoms with Crippen LogP contribution in [0.2, 0.25) is 0 Å². The molecule has 3 heterocycles. The van der Waals surface area contributed by atoms with Crippen LogP contribution in [0.4, 0.5) is 0 Å². The van der Waals surface area contributed by atoms with E-state index in [0.29, 0.717) is 12.1 Å². The molecule has 0 aliphatic carbocycles. The number of aryl methyl sites for hydroxylation is 2. The van der Waals surface area contributed by atoms with E-state index in [1.165, 1.54) is 0 Å². The summed E-state index contributed by atoms with van der Waals surface area (Å²) in [5.41, 5.74) is 5.29. The molecule has 0 saturated carbocycles. The third kappa shape index (κ3) is 3.11. The molecule has 4 rings (SSSR count). The van der Waals surface area contributed by atoms with Crippen LogP contribution in [-0.2, 0) is 6.54 Å². The van der Waals surface area contributed by atoms with Gasteiger partial charge in [0, 0.05) is 17.5 Å². The molecule has 1 amide bonds. The number of carbonyl (C=O) groups is 1. The number of aromatic amines is 1. The first kappa shape index (κ1) is 16.5. The summed E-state index contributed by atoms with van der Waals surface area (Å²) in [5.74, 6) is -0.128. The van der Waals surface area contributed by atoms with Gasteiger partial charge in [-0.05, 0) is 43.5 Å².